The van der Waals surface area contributed by atoms with Crippen LogP contribution in [0.25, 0.3) is 82.7 Å². The van der Waals surface area contributed by atoms with Crippen molar-refractivity contribution in [2.24, 2.45) is 49.3 Å². The summed E-state index contributed by atoms with van der Waals surface area (Å²) < 4.78 is 30.9. The van der Waals surface area contributed by atoms with E-state index in [-0.39, 0.29) is 141 Å². The third-order valence-electron chi connectivity index (χ3n) is 23.7. The molecule has 0 saturated heterocycles. The normalized spacial score (nSPS) is 12.1. The van der Waals surface area contributed by atoms with Crippen LogP contribution in [-0.4, -0.2) is 77.1 Å². The standard InChI is InChI=1S/C16H20N2Si.C16H16N2.C15H17N3.C15H16N2.C15H14N2.C14H14N2S.C14H13N2.7Ir/c1-12-7-6-8-14-15(12)16(13(2)19(14,4)5)18-10-9-17(3)11-18;1-12-5-4-6-14-8-7-13(2)16(15(12)14)18-10-9-17(3)11-18;1-11-6-5-7-13-14(11)15(12(2)17(13)4)18-9-8-16(3)10-18;1-11-5-4-6-13-9-12(2)15(14(11)13)17-8-7-16(3)10-17;1-12-6-3-4-8-14(12)15-9-5-7-13-10-16(2)11-17(13)15;1-10-5-4-6-12-13(10)14(11(2)17-12)16-8-7-15(3)9-16;1-10-5-3-6-12-9-11(2)14(13(10)12)16-8-4-7-15-16;;;;;;;/h6-11H,1H2,2-5H3;4-11H,1H2,2-3H3;5-10H,1H2,2-4H3;4-8,10H,1,9H2,2-3H3;3-11H,1H2,2H3;4-9H,1H2,2-3H3;3-8H,1,9H2,2H3;;;;;;;/q;;;;;;-1;;;;;;;. The molecule has 21 rings (SSSR count). The third kappa shape index (κ3) is 21.7. The van der Waals surface area contributed by atoms with Crippen molar-refractivity contribution in [3.63, 3.8) is 0 Å². The van der Waals surface area contributed by atoms with E-state index in [1.165, 1.54) is 148 Å². The first-order valence-corrected chi connectivity index (χ1v) is 45.0. The van der Waals surface area contributed by atoms with E-state index in [4.69, 9.17) is 0 Å². The van der Waals surface area contributed by atoms with Gasteiger partial charge in [0.1, 0.15) is 81.9 Å². The molecule has 0 saturated carbocycles. The van der Waals surface area contributed by atoms with Gasteiger partial charge in [0.05, 0.1) is 39.0 Å². The Morgan fingerprint density at radius 3 is 1.38 bits per heavy atom. The number of hydrogen-bond acceptors (Lipinski definition) is 2. The number of fused-ring (bicyclic) bond motifs is 7. The zero-order valence-electron chi connectivity index (χ0n) is 75.4. The molecule has 0 unspecified atom stereocenters. The number of rotatable bonds is 7. The van der Waals surface area contributed by atoms with Crippen LogP contribution in [0.5, 0.6) is 0 Å². The fourth-order valence-electron chi connectivity index (χ4n) is 17.4. The Bertz CT molecular complexity index is 7100. The van der Waals surface area contributed by atoms with Crippen LogP contribution in [0.15, 0.2) is 305 Å². The van der Waals surface area contributed by atoms with Gasteiger partial charge >= 0.3 is 0 Å². The molecule has 18 aromatic rings. The predicted octanol–water partition coefficient (Wildman–Crippen LogP) is 23.1. The molecular formula is C105H110Ir7N15SSi-. The first-order chi connectivity index (χ1) is 58.5. The van der Waals surface area contributed by atoms with Crippen molar-refractivity contribution in [1.82, 2.24) is 69.0 Å². The first kappa shape index (κ1) is 105. The van der Waals surface area contributed by atoms with Gasteiger partial charge in [-0.2, -0.15) is 162 Å². The second-order valence-electron chi connectivity index (χ2n) is 33.0. The minimum atomic E-state index is -1.52. The van der Waals surface area contributed by atoms with Gasteiger partial charge in [-0.05, 0) is 105 Å². The Hall–Kier alpha value is -9.46. The minimum absolute atomic E-state index is 0. The topological polar surface area (TPSA) is 81.4 Å². The average molecular weight is 2990 g/mol. The summed E-state index contributed by atoms with van der Waals surface area (Å²) >= 11 is 1.83. The van der Waals surface area contributed by atoms with Crippen LogP contribution in [0.4, 0.5) is 0 Å². The van der Waals surface area contributed by atoms with E-state index in [0.29, 0.717) is 0 Å². The summed E-state index contributed by atoms with van der Waals surface area (Å²) in [5.41, 5.74) is 31.9. The van der Waals surface area contributed by atoms with Crippen LogP contribution >= 0.6 is 11.3 Å². The van der Waals surface area contributed by atoms with Crippen molar-refractivity contribution >= 4 is 79.0 Å². The van der Waals surface area contributed by atoms with Gasteiger partial charge in [-0.25, -0.2) is 0 Å². The van der Waals surface area contributed by atoms with E-state index >= 15 is 0 Å². The number of imidazole rings is 6. The van der Waals surface area contributed by atoms with Gasteiger partial charge in [0.15, 0.2) is 43.5 Å². The maximum absolute atomic E-state index is 4.32. The number of nitrogens with zero attached hydrogens (tertiary/aromatic N) is 15. The summed E-state index contributed by atoms with van der Waals surface area (Å²) in [5, 5.41) is 12.3. The summed E-state index contributed by atoms with van der Waals surface area (Å²) in [4.78, 5) is 1.33. The summed E-state index contributed by atoms with van der Waals surface area (Å²) in [7, 11) is 12.8. The Labute approximate surface area is 860 Å². The zero-order valence-corrected chi connectivity index (χ0v) is 94.0. The predicted molar refractivity (Wildman–Crippen MR) is 514 cm³/mol. The third-order valence-corrected chi connectivity index (χ3v) is 28.6. The summed E-state index contributed by atoms with van der Waals surface area (Å²) in [6.07, 6.45) is 41.2. The molecule has 24 heteroatoms. The Morgan fingerprint density at radius 1 is 0.372 bits per heavy atom. The van der Waals surface area contributed by atoms with Crippen molar-refractivity contribution in [2.75, 3.05) is 0 Å². The van der Waals surface area contributed by atoms with Gasteiger partial charge < -0.3 is 4.57 Å². The van der Waals surface area contributed by atoms with Crippen LogP contribution in [-0.2, 0) is 203 Å². The Kier molecular flexibility index (Phi) is 36.3. The van der Waals surface area contributed by atoms with E-state index in [9.17, 15) is 0 Å². The molecular weight excluding hydrogens is 2880 g/mol. The Morgan fingerprint density at radius 2 is 0.829 bits per heavy atom. The summed E-state index contributed by atoms with van der Waals surface area (Å²) in [6.45, 7) is 47.0. The summed E-state index contributed by atoms with van der Waals surface area (Å²) in [5.74, 6) is 0. The van der Waals surface area contributed by atoms with Crippen molar-refractivity contribution in [3.05, 3.63) is 436 Å². The molecule has 10 aromatic heterocycles. The number of allylic oxidation sites excluding steroid dienone is 3. The molecule has 3 aliphatic rings. The molecule has 11 heterocycles. The molecule has 129 heavy (non-hydrogen) atoms. The molecule has 0 bridgehead atoms. The number of aromatic nitrogens is 15. The molecule has 0 atom stereocenters. The van der Waals surface area contributed by atoms with Crippen molar-refractivity contribution in [1.29, 1.82) is 0 Å². The molecule has 0 amide bonds. The van der Waals surface area contributed by atoms with Gasteiger partial charge in [0.2, 0.25) is 0 Å². The second kappa shape index (κ2) is 44.6. The van der Waals surface area contributed by atoms with Crippen molar-refractivity contribution < 1.29 is 141 Å². The zero-order chi connectivity index (χ0) is 86.3. The SMILES string of the molecule is [CH2-]c1cccc2c1C(n1cccn1)=C(C)C2.[CH2-]c1cccc2c1C(n1ccn(C)[cH+]1)=C(C)C2.[CH2-]c1cccc2c1C(n1ccn(C)[cH+]1)=C(C)[Si]2(C)C.[CH2-]c1cccc2c1c(-n1ccn(C)[cH+]1)c(C)n2C.[CH2-]c1cccc2ccc(C)c(-n3ccn(C)[cH+]3)c12.[CH2-]c1cccc2sc(C)c(-n3ccn(C)[cH+]3)c12.[CH2-]c1ccccc1-c1cccc2cn(C)[cH+]n12.[Ir].[Ir].[Ir].[Ir].[Ir].[Ir].[Ir]. The molecule has 7 radical (unpaired) electrons. The number of benzene rings is 8. The van der Waals surface area contributed by atoms with E-state index in [2.05, 4.69) is 412 Å². The van der Waals surface area contributed by atoms with Gasteiger partial charge in [0, 0.05) is 225 Å². The largest absolute Gasteiger partial charge is 0.349 e. The first-order valence-electron chi connectivity index (χ1n) is 41.1. The molecule has 0 N–H and O–H groups in total. The summed E-state index contributed by atoms with van der Waals surface area (Å²) in [6, 6.07) is 58.8. The van der Waals surface area contributed by atoms with Crippen molar-refractivity contribution in [2.45, 2.75) is 67.5 Å². The van der Waals surface area contributed by atoms with Crippen LogP contribution < -0.4 is 5.19 Å². The van der Waals surface area contributed by atoms with Gasteiger partial charge in [-0.15, -0.1) is 53.8 Å². The monoisotopic (exact) mass is 2990 g/mol. The van der Waals surface area contributed by atoms with E-state index in [1.807, 2.05) is 109 Å². The maximum atomic E-state index is 4.32. The van der Waals surface area contributed by atoms with E-state index in [1.54, 1.807) is 0 Å². The Balaban J connectivity index is 0.000000184. The maximum Gasteiger partial charge on any atom is 0.182 e. The van der Waals surface area contributed by atoms with Gasteiger partial charge in [0.25, 0.3) is 0 Å². The van der Waals surface area contributed by atoms with E-state index in [0.717, 1.165) is 51.8 Å². The number of thiophene rings is 1. The fraction of sp³-hybridized carbons (Fsp3) is 0.162. The average Bonchev–Trinajstić information content (AvgIpc) is 1.55. The molecule has 8 aromatic carbocycles. The van der Waals surface area contributed by atoms with E-state index < -0.39 is 8.07 Å². The van der Waals surface area contributed by atoms with Crippen molar-refractivity contribution in [3.8, 4) is 28.3 Å². The van der Waals surface area contributed by atoms with Gasteiger partial charge in [-0.3, -0.25) is 32.1 Å². The number of hydrogen-bond donors (Lipinski definition) is 0. The smallest absolute Gasteiger partial charge is 0.182 e. The second-order valence-corrected chi connectivity index (χ2v) is 38.8. The minimum Gasteiger partial charge on any atom is -0.349 e. The van der Waals surface area contributed by atoms with Crippen LogP contribution in [0.1, 0.15) is 104 Å². The quantitative estimate of drug-likeness (QED) is 0.116. The van der Waals surface area contributed by atoms with Crippen LogP contribution in [0.2, 0.25) is 13.1 Å². The fourth-order valence-corrected chi connectivity index (χ4v) is 21.2. The molecule has 679 valence electrons. The van der Waals surface area contributed by atoms with Gasteiger partial charge in [-0.1, -0.05) is 123 Å². The number of pyridine rings is 1. The molecule has 1 aliphatic heterocycles. The number of aryl methyl sites for hydroxylation is 9. The van der Waals surface area contributed by atoms with Crippen LogP contribution in [0.3, 0.4) is 0 Å². The molecule has 0 spiro atoms. The molecule has 15 nitrogen and oxygen atoms in total. The molecule has 2 aliphatic carbocycles. The molecule has 0 fully saturated rings. The van der Waals surface area contributed by atoms with Crippen LogP contribution in [0, 0.1) is 69.2 Å².